The number of rotatable bonds is 4. The minimum Gasteiger partial charge on any atom is -0.396 e. The third kappa shape index (κ3) is 2.92. The van der Waals surface area contributed by atoms with E-state index in [1.807, 2.05) is 0 Å². The van der Waals surface area contributed by atoms with E-state index in [9.17, 15) is 4.39 Å². The Labute approximate surface area is 106 Å². The molecule has 1 aromatic heterocycles. The number of aliphatic hydroxyl groups is 1. The predicted molar refractivity (Wildman–Crippen MR) is 65.0 cm³/mol. The Morgan fingerprint density at radius 1 is 1.35 bits per heavy atom. The molecule has 0 fully saturated rings. The first-order chi connectivity index (χ1) is 8.20. The largest absolute Gasteiger partial charge is 0.396 e. The first-order valence-corrected chi connectivity index (χ1v) is 6.02. The van der Waals surface area contributed by atoms with Crippen molar-refractivity contribution < 1.29 is 14.0 Å². The van der Waals surface area contributed by atoms with Crippen LogP contribution in [0.15, 0.2) is 33.3 Å². The summed E-state index contributed by atoms with van der Waals surface area (Å²) in [6.45, 7) is 0.111. The molecule has 0 aliphatic rings. The van der Waals surface area contributed by atoms with Gasteiger partial charge in [-0.1, -0.05) is 21.1 Å². The molecule has 3 nitrogen and oxygen atoms in total. The van der Waals surface area contributed by atoms with Crippen LogP contribution in [0.25, 0.3) is 11.3 Å². The molecular weight excluding hydrogens is 289 g/mol. The Morgan fingerprint density at radius 2 is 2.18 bits per heavy atom. The summed E-state index contributed by atoms with van der Waals surface area (Å²) in [4.78, 5) is 0. The van der Waals surface area contributed by atoms with Gasteiger partial charge in [0.15, 0.2) is 0 Å². The van der Waals surface area contributed by atoms with E-state index in [-0.39, 0.29) is 12.4 Å². The second-order valence-electron chi connectivity index (χ2n) is 3.63. The molecule has 90 valence electrons. The van der Waals surface area contributed by atoms with Gasteiger partial charge in [0, 0.05) is 29.1 Å². The Balaban J connectivity index is 2.27. The monoisotopic (exact) mass is 299 g/mol. The molecule has 0 atom stereocenters. The van der Waals surface area contributed by atoms with Crippen molar-refractivity contribution in [1.29, 1.82) is 0 Å². The van der Waals surface area contributed by atoms with Gasteiger partial charge < -0.3 is 9.63 Å². The summed E-state index contributed by atoms with van der Waals surface area (Å²) in [5.74, 6) is 0.369. The zero-order valence-corrected chi connectivity index (χ0v) is 10.6. The van der Waals surface area contributed by atoms with Gasteiger partial charge in [0.1, 0.15) is 17.3 Å². The summed E-state index contributed by atoms with van der Waals surface area (Å²) in [5.41, 5.74) is 1.24. The van der Waals surface area contributed by atoms with Crippen LogP contribution in [0.2, 0.25) is 0 Å². The van der Waals surface area contributed by atoms with E-state index in [1.54, 1.807) is 12.1 Å². The molecule has 2 aromatic rings. The molecule has 0 spiro atoms. The molecule has 1 N–H and O–H groups in total. The maximum atomic E-state index is 13.1. The van der Waals surface area contributed by atoms with Crippen LogP contribution in [0, 0.1) is 5.82 Å². The fraction of sp³-hybridized carbons (Fsp3) is 0.250. The van der Waals surface area contributed by atoms with Crippen LogP contribution in [0.4, 0.5) is 4.39 Å². The lowest BCUT2D eigenvalue weighted by Crippen LogP contribution is -1.86. The topological polar surface area (TPSA) is 46.3 Å². The molecule has 2 rings (SSSR count). The standard InChI is InChI=1S/C12H11BrFNO2/c13-11-4-3-8(14)6-10(11)12-7-9(17-15-12)2-1-5-16/h3-4,6-7,16H,1-2,5H2. The van der Waals surface area contributed by atoms with Crippen LogP contribution in [-0.2, 0) is 6.42 Å². The number of hydrogen-bond donors (Lipinski definition) is 1. The van der Waals surface area contributed by atoms with E-state index in [0.717, 1.165) is 4.47 Å². The van der Waals surface area contributed by atoms with Crippen molar-refractivity contribution in [3.05, 3.63) is 40.3 Å². The van der Waals surface area contributed by atoms with Crippen molar-refractivity contribution >= 4 is 15.9 Å². The van der Waals surface area contributed by atoms with Gasteiger partial charge in [0.2, 0.25) is 0 Å². The number of nitrogens with zero attached hydrogens (tertiary/aromatic N) is 1. The second kappa shape index (κ2) is 5.42. The Kier molecular flexibility index (Phi) is 3.91. The van der Waals surface area contributed by atoms with Crippen molar-refractivity contribution in [1.82, 2.24) is 5.16 Å². The maximum Gasteiger partial charge on any atom is 0.137 e. The van der Waals surface area contributed by atoms with Gasteiger partial charge in [0.25, 0.3) is 0 Å². The van der Waals surface area contributed by atoms with Gasteiger partial charge >= 0.3 is 0 Å². The van der Waals surface area contributed by atoms with E-state index in [0.29, 0.717) is 29.9 Å². The molecule has 0 saturated heterocycles. The number of aromatic nitrogens is 1. The summed E-state index contributed by atoms with van der Waals surface area (Å²) < 4.78 is 19.0. The van der Waals surface area contributed by atoms with Gasteiger partial charge in [-0.3, -0.25) is 0 Å². The lowest BCUT2D eigenvalue weighted by Gasteiger charge is -1.99. The van der Waals surface area contributed by atoms with Crippen LogP contribution in [-0.4, -0.2) is 16.9 Å². The average molecular weight is 300 g/mol. The molecule has 0 aliphatic carbocycles. The number of aliphatic hydroxyl groups excluding tert-OH is 1. The highest BCUT2D eigenvalue weighted by molar-refractivity contribution is 9.10. The Hall–Kier alpha value is -1.20. The van der Waals surface area contributed by atoms with E-state index in [2.05, 4.69) is 21.1 Å². The Morgan fingerprint density at radius 3 is 2.94 bits per heavy atom. The maximum absolute atomic E-state index is 13.1. The highest BCUT2D eigenvalue weighted by Gasteiger charge is 2.10. The van der Waals surface area contributed by atoms with Crippen molar-refractivity contribution in [2.75, 3.05) is 6.61 Å². The lowest BCUT2D eigenvalue weighted by atomic mass is 10.1. The lowest BCUT2D eigenvalue weighted by molar-refractivity contribution is 0.280. The number of halogens is 2. The zero-order valence-electron chi connectivity index (χ0n) is 8.99. The number of hydrogen-bond acceptors (Lipinski definition) is 3. The van der Waals surface area contributed by atoms with Crippen LogP contribution >= 0.6 is 15.9 Å². The van der Waals surface area contributed by atoms with Gasteiger partial charge in [0.05, 0.1) is 0 Å². The summed E-state index contributed by atoms with van der Waals surface area (Å²) in [6.07, 6.45) is 1.25. The fourth-order valence-electron chi connectivity index (χ4n) is 1.50. The number of aryl methyl sites for hydroxylation is 1. The predicted octanol–water partition coefficient (Wildman–Crippen LogP) is 3.17. The molecule has 17 heavy (non-hydrogen) atoms. The summed E-state index contributed by atoms with van der Waals surface area (Å²) in [5, 5.41) is 12.6. The van der Waals surface area contributed by atoms with Crippen LogP contribution < -0.4 is 0 Å². The van der Waals surface area contributed by atoms with Crippen molar-refractivity contribution in [2.45, 2.75) is 12.8 Å². The number of benzene rings is 1. The Bertz CT molecular complexity index is 513. The zero-order chi connectivity index (χ0) is 12.3. The molecule has 1 heterocycles. The molecule has 0 aliphatic heterocycles. The van der Waals surface area contributed by atoms with Gasteiger partial charge in [-0.05, 0) is 24.6 Å². The second-order valence-corrected chi connectivity index (χ2v) is 4.48. The summed E-state index contributed by atoms with van der Waals surface area (Å²) >= 11 is 3.34. The van der Waals surface area contributed by atoms with E-state index < -0.39 is 0 Å². The van der Waals surface area contributed by atoms with Crippen molar-refractivity contribution in [2.24, 2.45) is 0 Å². The first kappa shape index (κ1) is 12.3. The molecule has 0 saturated carbocycles. The minimum atomic E-state index is -0.317. The first-order valence-electron chi connectivity index (χ1n) is 5.22. The SMILES string of the molecule is OCCCc1cc(-c2cc(F)ccc2Br)no1. The van der Waals surface area contributed by atoms with Gasteiger partial charge in [-0.25, -0.2) is 4.39 Å². The highest BCUT2D eigenvalue weighted by atomic mass is 79.9. The smallest absolute Gasteiger partial charge is 0.137 e. The van der Waals surface area contributed by atoms with Crippen LogP contribution in [0.5, 0.6) is 0 Å². The normalized spacial score (nSPS) is 10.8. The summed E-state index contributed by atoms with van der Waals surface area (Å²) in [7, 11) is 0. The van der Waals surface area contributed by atoms with Gasteiger partial charge in [-0.15, -0.1) is 0 Å². The molecule has 0 radical (unpaired) electrons. The summed E-state index contributed by atoms with van der Waals surface area (Å²) in [6, 6.07) is 6.17. The highest BCUT2D eigenvalue weighted by Crippen LogP contribution is 2.28. The molecular formula is C12H11BrFNO2. The van der Waals surface area contributed by atoms with Gasteiger partial charge in [-0.2, -0.15) is 0 Å². The van der Waals surface area contributed by atoms with E-state index in [1.165, 1.54) is 12.1 Å². The van der Waals surface area contributed by atoms with Crippen LogP contribution in [0.1, 0.15) is 12.2 Å². The van der Waals surface area contributed by atoms with Crippen LogP contribution in [0.3, 0.4) is 0 Å². The fourth-order valence-corrected chi connectivity index (χ4v) is 1.95. The average Bonchev–Trinajstić information content (AvgIpc) is 2.78. The molecule has 0 unspecified atom stereocenters. The third-order valence-corrected chi connectivity index (χ3v) is 3.04. The molecule has 5 heteroatoms. The van der Waals surface area contributed by atoms with E-state index >= 15 is 0 Å². The van der Waals surface area contributed by atoms with Crippen molar-refractivity contribution in [3.63, 3.8) is 0 Å². The minimum absolute atomic E-state index is 0.111. The molecule has 0 amide bonds. The quantitative estimate of drug-likeness (QED) is 0.943. The molecule has 1 aromatic carbocycles. The third-order valence-electron chi connectivity index (χ3n) is 2.34. The molecule has 0 bridgehead atoms. The van der Waals surface area contributed by atoms with E-state index in [4.69, 9.17) is 9.63 Å². The van der Waals surface area contributed by atoms with Crippen molar-refractivity contribution in [3.8, 4) is 11.3 Å².